The number of hydrogen-bond donors (Lipinski definition) is 2. The highest BCUT2D eigenvalue weighted by molar-refractivity contribution is 5.92. The van der Waals surface area contributed by atoms with E-state index in [2.05, 4.69) is 20.6 Å². The molecule has 2 aliphatic heterocycles. The molecule has 6 heteroatoms. The van der Waals surface area contributed by atoms with E-state index in [1.54, 1.807) is 12.3 Å². The Hall–Kier alpha value is -2.47. The van der Waals surface area contributed by atoms with E-state index in [0.29, 0.717) is 23.5 Å². The van der Waals surface area contributed by atoms with Gasteiger partial charge in [0.15, 0.2) is 0 Å². The highest BCUT2D eigenvalue weighted by atomic mass is 16.2. The lowest BCUT2D eigenvalue weighted by atomic mass is 10.0. The highest BCUT2D eigenvalue weighted by Gasteiger charge is 2.38. The minimum absolute atomic E-state index is 0.00193. The summed E-state index contributed by atoms with van der Waals surface area (Å²) in [6.45, 7) is 3.67. The van der Waals surface area contributed by atoms with Crippen molar-refractivity contribution in [1.82, 2.24) is 20.2 Å². The van der Waals surface area contributed by atoms with Crippen LogP contribution in [0.5, 0.6) is 0 Å². The number of para-hydroxylation sites is 1. The number of nitrogens with one attached hydrogen (secondary N) is 2. The van der Waals surface area contributed by atoms with Crippen molar-refractivity contribution in [2.75, 3.05) is 31.5 Å². The third-order valence-corrected chi connectivity index (χ3v) is 4.58. The van der Waals surface area contributed by atoms with Gasteiger partial charge in [-0.05, 0) is 30.0 Å². The van der Waals surface area contributed by atoms with E-state index in [-0.39, 0.29) is 5.91 Å². The van der Waals surface area contributed by atoms with Crippen LogP contribution in [0.4, 0.5) is 11.6 Å². The molecule has 2 aromatic rings. The molecule has 4 rings (SSSR count). The van der Waals surface area contributed by atoms with Crippen LogP contribution in [0, 0.1) is 11.8 Å². The molecule has 1 aromatic carbocycles. The molecular weight excluding hydrogens is 290 g/mol. The highest BCUT2D eigenvalue weighted by Crippen LogP contribution is 2.27. The Kier molecular flexibility index (Phi) is 3.67. The third-order valence-electron chi connectivity index (χ3n) is 4.58. The summed E-state index contributed by atoms with van der Waals surface area (Å²) < 4.78 is 0. The zero-order valence-corrected chi connectivity index (χ0v) is 12.8. The largest absolute Gasteiger partial charge is 0.337 e. The molecule has 23 heavy (non-hydrogen) atoms. The van der Waals surface area contributed by atoms with Crippen molar-refractivity contribution in [2.45, 2.75) is 0 Å². The summed E-state index contributed by atoms with van der Waals surface area (Å²) in [7, 11) is 0. The first-order chi connectivity index (χ1) is 11.3. The Labute approximate surface area is 134 Å². The number of benzene rings is 1. The number of carbonyl (C=O) groups is 1. The second kappa shape index (κ2) is 5.96. The maximum absolute atomic E-state index is 12.7. The first-order valence-electron chi connectivity index (χ1n) is 7.95. The van der Waals surface area contributed by atoms with Gasteiger partial charge in [-0.3, -0.25) is 4.79 Å². The van der Waals surface area contributed by atoms with E-state index >= 15 is 0 Å². The van der Waals surface area contributed by atoms with Gasteiger partial charge in [-0.15, -0.1) is 0 Å². The lowest BCUT2D eigenvalue weighted by molar-refractivity contribution is 0.0776. The summed E-state index contributed by atoms with van der Waals surface area (Å²) in [4.78, 5) is 23.2. The van der Waals surface area contributed by atoms with Crippen LogP contribution in [0.25, 0.3) is 0 Å². The summed E-state index contributed by atoms with van der Waals surface area (Å²) in [5.74, 6) is 1.62. The van der Waals surface area contributed by atoms with E-state index < -0.39 is 0 Å². The standard InChI is InChI=1S/C17H19N5O/c23-16(22-10-12-8-18-9-13(12)11-22)15-6-7-19-17(21-15)20-14-4-2-1-3-5-14/h1-7,12-13,18H,8-11H2,(H,19,20,21). The number of hydrogen-bond acceptors (Lipinski definition) is 5. The van der Waals surface area contributed by atoms with E-state index in [9.17, 15) is 4.79 Å². The number of carbonyl (C=O) groups excluding carboxylic acids is 1. The Bertz CT molecular complexity index is 693. The minimum Gasteiger partial charge on any atom is -0.337 e. The SMILES string of the molecule is O=C(c1ccnc(Nc2ccccc2)n1)N1CC2CNCC2C1. The quantitative estimate of drug-likeness (QED) is 0.899. The fraction of sp³-hybridized carbons (Fsp3) is 0.353. The maximum Gasteiger partial charge on any atom is 0.272 e. The number of nitrogens with zero attached hydrogens (tertiary/aromatic N) is 3. The molecular formula is C17H19N5O. The fourth-order valence-electron chi connectivity index (χ4n) is 3.37. The van der Waals surface area contributed by atoms with Gasteiger partial charge < -0.3 is 15.5 Å². The second-order valence-electron chi connectivity index (χ2n) is 6.15. The molecule has 0 spiro atoms. The van der Waals surface area contributed by atoms with Crippen LogP contribution in [-0.2, 0) is 0 Å². The molecule has 2 N–H and O–H groups in total. The van der Waals surface area contributed by atoms with Crippen LogP contribution >= 0.6 is 0 Å². The Morgan fingerprint density at radius 2 is 1.87 bits per heavy atom. The maximum atomic E-state index is 12.7. The normalized spacial score (nSPS) is 22.9. The van der Waals surface area contributed by atoms with Crippen LogP contribution in [0.1, 0.15) is 10.5 Å². The molecule has 2 atom stereocenters. The van der Waals surface area contributed by atoms with Crippen LogP contribution in [-0.4, -0.2) is 47.0 Å². The fourth-order valence-corrected chi connectivity index (χ4v) is 3.37. The number of likely N-dealkylation sites (tertiary alicyclic amines) is 1. The molecule has 2 unspecified atom stereocenters. The van der Waals surface area contributed by atoms with E-state index in [0.717, 1.165) is 31.9 Å². The van der Waals surface area contributed by atoms with Gasteiger partial charge in [0.05, 0.1) is 0 Å². The molecule has 0 aliphatic carbocycles. The number of amides is 1. The van der Waals surface area contributed by atoms with Crippen molar-refractivity contribution in [3.63, 3.8) is 0 Å². The Morgan fingerprint density at radius 3 is 2.61 bits per heavy atom. The molecule has 0 radical (unpaired) electrons. The summed E-state index contributed by atoms with van der Waals surface area (Å²) in [6.07, 6.45) is 1.63. The molecule has 1 amide bonds. The van der Waals surface area contributed by atoms with Crippen LogP contribution in [0.2, 0.25) is 0 Å². The average Bonchev–Trinajstić information content (AvgIpc) is 3.17. The smallest absolute Gasteiger partial charge is 0.272 e. The molecule has 2 saturated heterocycles. The van der Waals surface area contributed by atoms with Gasteiger partial charge in [-0.1, -0.05) is 18.2 Å². The van der Waals surface area contributed by atoms with Crippen molar-refractivity contribution in [3.05, 3.63) is 48.3 Å². The van der Waals surface area contributed by atoms with Gasteiger partial charge in [0.2, 0.25) is 5.95 Å². The Morgan fingerprint density at radius 1 is 1.13 bits per heavy atom. The minimum atomic E-state index is -0.00193. The number of rotatable bonds is 3. The number of anilines is 2. The third kappa shape index (κ3) is 2.90. The van der Waals surface area contributed by atoms with Gasteiger partial charge >= 0.3 is 0 Å². The van der Waals surface area contributed by atoms with Gasteiger partial charge in [0.25, 0.3) is 5.91 Å². The lowest BCUT2D eigenvalue weighted by Crippen LogP contribution is -2.32. The van der Waals surface area contributed by atoms with E-state index in [1.807, 2.05) is 35.2 Å². The first kappa shape index (κ1) is 14.1. The van der Waals surface area contributed by atoms with Crippen molar-refractivity contribution < 1.29 is 4.79 Å². The van der Waals surface area contributed by atoms with Crippen molar-refractivity contribution in [2.24, 2.45) is 11.8 Å². The van der Waals surface area contributed by atoms with Crippen LogP contribution in [0.15, 0.2) is 42.6 Å². The zero-order valence-electron chi connectivity index (χ0n) is 12.8. The molecule has 2 aliphatic rings. The van der Waals surface area contributed by atoms with Crippen molar-refractivity contribution in [3.8, 4) is 0 Å². The van der Waals surface area contributed by atoms with Crippen LogP contribution in [0.3, 0.4) is 0 Å². The van der Waals surface area contributed by atoms with Crippen molar-refractivity contribution >= 4 is 17.5 Å². The monoisotopic (exact) mass is 309 g/mol. The van der Waals surface area contributed by atoms with Gasteiger partial charge in [0, 0.05) is 38.1 Å². The predicted molar refractivity (Wildman–Crippen MR) is 87.5 cm³/mol. The second-order valence-corrected chi connectivity index (χ2v) is 6.15. The van der Waals surface area contributed by atoms with Crippen molar-refractivity contribution in [1.29, 1.82) is 0 Å². The predicted octanol–water partition coefficient (Wildman–Crippen LogP) is 1.51. The molecule has 6 nitrogen and oxygen atoms in total. The van der Waals surface area contributed by atoms with Crippen LogP contribution < -0.4 is 10.6 Å². The topological polar surface area (TPSA) is 70.2 Å². The molecule has 1 aromatic heterocycles. The lowest BCUT2D eigenvalue weighted by Gasteiger charge is -2.17. The summed E-state index contributed by atoms with van der Waals surface area (Å²) in [5.41, 5.74) is 1.35. The summed E-state index contributed by atoms with van der Waals surface area (Å²) >= 11 is 0. The number of aromatic nitrogens is 2. The van der Waals surface area contributed by atoms with Gasteiger partial charge in [-0.2, -0.15) is 0 Å². The summed E-state index contributed by atoms with van der Waals surface area (Å²) in [5, 5.41) is 6.51. The van der Waals surface area contributed by atoms with E-state index in [1.165, 1.54) is 0 Å². The van der Waals surface area contributed by atoms with E-state index in [4.69, 9.17) is 0 Å². The number of fused-ring (bicyclic) bond motifs is 1. The average molecular weight is 309 g/mol. The van der Waals surface area contributed by atoms with Gasteiger partial charge in [0.1, 0.15) is 5.69 Å². The van der Waals surface area contributed by atoms with Gasteiger partial charge in [-0.25, -0.2) is 9.97 Å². The molecule has 0 saturated carbocycles. The molecule has 118 valence electrons. The zero-order chi connectivity index (χ0) is 15.6. The molecule has 0 bridgehead atoms. The molecule has 2 fully saturated rings. The Balaban J connectivity index is 1.49. The summed E-state index contributed by atoms with van der Waals surface area (Å²) in [6, 6.07) is 11.4. The first-order valence-corrected chi connectivity index (χ1v) is 7.95. The molecule has 3 heterocycles.